The predicted octanol–water partition coefficient (Wildman–Crippen LogP) is 2.77. The van der Waals surface area contributed by atoms with Crippen molar-refractivity contribution in [1.29, 1.82) is 0 Å². The first-order chi connectivity index (χ1) is 5.27. The lowest BCUT2D eigenvalue weighted by atomic mass is 10.2. The van der Waals surface area contributed by atoms with E-state index < -0.39 is 0 Å². The molecule has 0 bridgehead atoms. The predicted molar refractivity (Wildman–Crippen MR) is 45.1 cm³/mol. The number of rotatable bonds is 0. The molecule has 0 aromatic heterocycles. The minimum atomic E-state index is -0.230. The van der Waals surface area contributed by atoms with E-state index in [-0.39, 0.29) is 5.82 Å². The molecular weight excluding hydrogens is 209 g/mol. The summed E-state index contributed by atoms with van der Waals surface area (Å²) in [5, 5.41) is 4.05. The van der Waals surface area contributed by atoms with Crippen LogP contribution >= 0.6 is 15.9 Å². The van der Waals surface area contributed by atoms with E-state index in [1.165, 1.54) is 12.1 Å². The Hall–Kier alpha value is -0.830. The van der Waals surface area contributed by atoms with Crippen molar-refractivity contribution in [2.75, 3.05) is 0 Å². The van der Waals surface area contributed by atoms with Gasteiger partial charge in [-0.2, -0.15) is 0 Å². The van der Waals surface area contributed by atoms with E-state index in [1.54, 1.807) is 12.3 Å². The van der Waals surface area contributed by atoms with Crippen molar-refractivity contribution in [2.45, 2.75) is 0 Å². The van der Waals surface area contributed by atoms with Gasteiger partial charge in [-0.25, -0.2) is 4.39 Å². The first-order valence-electron chi connectivity index (χ1n) is 3.14. The molecule has 0 fully saturated rings. The van der Waals surface area contributed by atoms with Crippen LogP contribution in [0.25, 0.3) is 4.48 Å². The van der Waals surface area contributed by atoms with Crippen LogP contribution < -0.4 is 5.32 Å². The van der Waals surface area contributed by atoms with Gasteiger partial charge in [0.15, 0.2) is 0 Å². The van der Waals surface area contributed by atoms with Crippen molar-refractivity contribution in [3.63, 3.8) is 0 Å². The molecule has 11 heavy (non-hydrogen) atoms. The zero-order valence-corrected chi connectivity index (χ0v) is 7.10. The molecule has 3 heteroatoms. The van der Waals surface area contributed by atoms with Gasteiger partial charge in [0.25, 0.3) is 0 Å². The molecule has 1 heterocycles. The third kappa shape index (κ3) is 1.05. The zero-order chi connectivity index (χ0) is 7.84. The van der Waals surface area contributed by atoms with Gasteiger partial charge in [0, 0.05) is 16.2 Å². The summed E-state index contributed by atoms with van der Waals surface area (Å²) in [4.78, 5) is 0. The Labute approximate surface area is 72.0 Å². The number of hydrogen-bond acceptors (Lipinski definition) is 0. The summed E-state index contributed by atoms with van der Waals surface area (Å²) >= 11 is 3.27. The number of halogens is 2. The number of fused-ring (bicyclic) bond motifs is 1. The Bertz CT molecular complexity index is 333. The van der Waals surface area contributed by atoms with Gasteiger partial charge in [-0.15, -0.1) is 0 Å². The van der Waals surface area contributed by atoms with Crippen LogP contribution in [0.5, 0.6) is 0 Å². The standard InChI is InChI=1S/C8H4BrFN/c9-7-4-11-8-2-1-5(10)3-6(7)8/h1-4H. The summed E-state index contributed by atoms with van der Waals surface area (Å²) in [6, 6.07) is 4.53. The van der Waals surface area contributed by atoms with E-state index in [4.69, 9.17) is 0 Å². The maximum atomic E-state index is 12.6. The van der Waals surface area contributed by atoms with E-state index in [9.17, 15) is 4.39 Å². The largest absolute Gasteiger partial charge is 0.255 e. The molecule has 1 aromatic carbocycles. The molecule has 0 atom stereocenters. The Balaban J connectivity index is 2.60. The lowest BCUT2D eigenvalue weighted by Crippen LogP contribution is -1.82. The molecular formula is C8H4BrFN. The molecule has 0 unspecified atom stereocenters. The van der Waals surface area contributed by atoms with E-state index >= 15 is 0 Å². The van der Waals surface area contributed by atoms with Crippen molar-refractivity contribution >= 4 is 26.1 Å². The Morgan fingerprint density at radius 2 is 2.18 bits per heavy atom. The quantitative estimate of drug-likeness (QED) is 0.629. The van der Waals surface area contributed by atoms with Gasteiger partial charge in [0.05, 0.1) is 5.69 Å². The fraction of sp³-hybridized carbons (Fsp3) is 0. The van der Waals surface area contributed by atoms with E-state index in [0.717, 1.165) is 15.7 Å². The second-order valence-corrected chi connectivity index (χ2v) is 3.12. The highest BCUT2D eigenvalue weighted by Gasteiger charge is 2.12. The van der Waals surface area contributed by atoms with Crippen LogP contribution in [-0.2, 0) is 0 Å². The molecule has 0 saturated carbocycles. The van der Waals surface area contributed by atoms with Crippen LogP contribution in [0.1, 0.15) is 5.56 Å². The van der Waals surface area contributed by atoms with Crippen LogP contribution in [0.4, 0.5) is 10.1 Å². The van der Waals surface area contributed by atoms with Gasteiger partial charge < -0.3 is 0 Å². The molecule has 2 rings (SSSR count). The van der Waals surface area contributed by atoms with Gasteiger partial charge in [-0.3, -0.25) is 5.32 Å². The molecule has 0 aliphatic carbocycles. The highest BCUT2D eigenvalue weighted by atomic mass is 79.9. The number of hydrogen-bond donors (Lipinski definition) is 0. The zero-order valence-electron chi connectivity index (χ0n) is 5.51. The normalized spacial score (nSPS) is 13.8. The lowest BCUT2D eigenvalue weighted by Gasteiger charge is -1.96. The first-order valence-corrected chi connectivity index (χ1v) is 3.93. The number of benzene rings is 1. The topological polar surface area (TPSA) is 14.1 Å². The summed E-state index contributed by atoms with van der Waals surface area (Å²) in [6.07, 6.45) is 1.67. The summed E-state index contributed by atoms with van der Waals surface area (Å²) in [5.41, 5.74) is 1.64. The van der Waals surface area contributed by atoms with Gasteiger partial charge in [0.1, 0.15) is 5.82 Å². The van der Waals surface area contributed by atoms with Crippen LogP contribution in [0.3, 0.4) is 0 Å². The average molecular weight is 213 g/mol. The molecule has 0 spiro atoms. The second-order valence-electron chi connectivity index (χ2n) is 2.27. The molecule has 1 aliphatic rings. The van der Waals surface area contributed by atoms with Crippen molar-refractivity contribution in [2.24, 2.45) is 0 Å². The third-order valence-corrected chi connectivity index (χ3v) is 2.16. The molecule has 1 aliphatic heterocycles. The van der Waals surface area contributed by atoms with Crippen LogP contribution in [0.2, 0.25) is 0 Å². The number of nitrogens with zero attached hydrogens (tertiary/aromatic N) is 1. The van der Waals surface area contributed by atoms with Crippen molar-refractivity contribution in [3.05, 3.63) is 35.8 Å². The molecule has 1 aromatic rings. The smallest absolute Gasteiger partial charge is 0.124 e. The fourth-order valence-electron chi connectivity index (χ4n) is 1.01. The monoisotopic (exact) mass is 212 g/mol. The summed E-state index contributed by atoms with van der Waals surface area (Å²) < 4.78 is 13.5. The van der Waals surface area contributed by atoms with Crippen LogP contribution in [-0.4, -0.2) is 0 Å². The SMILES string of the molecule is Fc1ccc2c(c1)C(Br)=C[N]2. The van der Waals surface area contributed by atoms with Crippen molar-refractivity contribution < 1.29 is 4.39 Å². The average Bonchev–Trinajstić information content (AvgIpc) is 2.33. The highest BCUT2D eigenvalue weighted by Crippen LogP contribution is 2.34. The van der Waals surface area contributed by atoms with Crippen molar-refractivity contribution in [3.8, 4) is 0 Å². The van der Waals surface area contributed by atoms with Gasteiger partial charge in [-0.05, 0) is 34.1 Å². The van der Waals surface area contributed by atoms with Crippen LogP contribution in [0.15, 0.2) is 24.4 Å². The molecule has 0 amide bonds. The summed E-state index contributed by atoms with van der Waals surface area (Å²) in [7, 11) is 0. The molecule has 1 nitrogen and oxygen atoms in total. The highest BCUT2D eigenvalue weighted by molar-refractivity contribution is 9.15. The third-order valence-electron chi connectivity index (χ3n) is 1.53. The second kappa shape index (κ2) is 2.34. The summed E-state index contributed by atoms with van der Waals surface area (Å²) in [5.74, 6) is -0.230. The fourth-order valence-corrected chi connectivity index (χ4v) is 1.43. The van der Waals surface area contributed by atoms with E-state index in [2.05, 4.69) is 21.2 Å². The molecule has 55 valence electrons. The minimum absolute atomic E-state index is 0.230. The molecule has 1 radical (unpaired) electrons. The van der Waals surface area contributed by atoms with Gasteiger partial charge >= 0.3 is 0 Å². The molecule has 0 saturated heterocycles. The van der Waals surface area contributed by atoms with Crippen molar-refractivity contribution in [1.82, 2.24) is 5.32 Å². The Kier molecular flexibility index (Phi) is 1.46. The van der Waals surface area contributed by atoms with E-state index in [1.807, 2.05) is 0 Å². The van der Waals surface area contributed by atoms with Gasteiger partial charge in [0.2, 0.25) is 0 Å². The van der Waals surface area contributed by atoms with Crippen LogP contribution in [0, 0.1) is 5.82 Å². The summed E-state index contributed by atoms with van der Waals surface area (Å²) in [6.45, 7) is 0. The Morgan fingerprint density at radius 3 is 3.00 bits per heavy atom. The first kappa shape index (κ1) is 6.85. The van der Waals surface area contributed by atoms with E-state index in [0.29, 0.717) is 0 Å². The maximum Gasteiger partial charge on any atom is 0.124 e. The lowest BCUT2D eigenvalue weighted by molar-refractivity contribution is 0.627. The van der Waals surface area contributed by atoms with Gasteiger partial charge in [-0.1, -0.05) is 0 Å². The molecule has 0 N–H and O–H groups in total. The minimum Gasteiger partial charge on any atom is -0.255 e. The Morgan fingerprint density at radius 1 is 1.36 bits per heavy atom. The maximum absolute atomic E-state index is 12.6.